The highest BCUT2D eigenvalue weighted by molar-refractivity contribution is 7.28. The molecule has 2 N–H and O–H groups in total. The summed E-state index contributed by atoms with van der Waals surface area (Å²) in [5.74, 6) is -1.23. The predicted octanol–water partition coefficient (Wildman–Crippen LogP) is 4.64. The average Bonchev–Trinajstić information content (AvgIpc) is 3.04. The number of halogens is 2. The van der Waals surface area contributed by atoms with E-state index in [0.29, 0.717) is 29.3 Å². The SMILES string of the molecule is CC/C(NN(C)c1cnoc1C)=C(Nc1ccc(C)cc1P)\C(F)=C(/C)F. The molecule has 5 nitrogen and oxygen atoms in total. The van der Waals surface area contributed by atoms with Gasteiger partial charge in [-0.15, -0.1) is 9.24 Å². The molecule has 1 aromatic carbocycles. The molecule has 0 radical (unpaired) electrons. The molecule has 1 atom stereocenters. The van der Waals surface area contributed by atoms with E-state index in [2.05, 4.69) is 25.1 Å². The van der Waals surface area contributed by atoms with Crippen molar-refractivity contribution in [3.8, 4) is 0 Å². The first kappa shape index (κ1) is 20.9. The van der Waals surface area contributed by atoms with Crippen LogP contribution in [0.5, 0.6) is 0 Å². The first-order valence-electron chi connectivity index (χ1n) is 8.54. The molecule has 1 unspecified atom stereocenters. The molecular formula is C19H25F2N4OP. The number of aryl methyl sites for hydroxylation is 2. The summed E-state index contributed by atoms with van der Waals surface area (Å²) in [6.07, 6.45) is 1.99. The lowest BCUT2D eigenvalue weighted by molar-refractivity contribution is 0.397. The van der Waals surface area contributed by atoms with Crippen molar-refractivity contribution in [2.45, 2.75) is 34.1 Å². The molecule has 0 saturated heterocycles. The van der Waals surface area contributed by atoms with Crippen molar-refractivity contribution in [1.82, 2.24) is 10.6 Å². The smallest absolute Gasteiger partial charge is 0.179 e. The molecule has 27 heavy (non-hydrogen) atoms. The Morgan fingerprint density at radius 2 is 2.00 bits per heavy atom. The third-order valence-electron chi connectivity index (χ3n) is 4.03. The second-order valence-electron chi connectivity index (χ2n) is 6.21. The summed E-state index contributed by atoms with van der Waals surface area (Å²) in [6, 6.07) is 5.68. The highest BCUT2D eigenvalue weighted by atomic mass is 31.0. The zero-order valence-corrected chi connectivity index (χ0v) is 17.3. The minimum atomic E-state index is -0.945. The summed E-state index contributed by atoms with van der Waals surface area (Å²) < 4.78 is 33.5. The van der Waals surface area contributed by atoms with Crippen molar-refractivity contribution in [1.29, 1.82) is 0 Å². The minimum absolute atomic E-state index is 0.0472. The lowest BCUT2D eigenvalue weighted by atomic mass is 10.2. The Labute approximate surface area is 160 Å². The van der Waals surface area contributed by atoms with Gasteiger partial charge in [-0.25, -0.2) is 8.78 Å². The normalized spacial score (nSPS) is 13.0. The highest BCUT2D eigenvalue weighted by Crippen LogP contribution is 2.25. The summed E-state index contributed by atoms with van der Waals surface area (Å²) in [5.41, 5.74) is 6.08. The van der Waals surface area contributed by atoms with Crippen molar-refractivity contribution in [2.75, 3.05) is 17.4 Å². The Morgan fingerprint density at radius 1 is 1.30 bits per heavy atom. The van der Waals surface area contributed by atoms with Gasteiger partial charge in [0.1, 0.15) is 11.5 Å². The molecule has 0 aliphatic rings. The van der Waals surface area contributed by atoms with Gasteiger partial charge < -0.3 is 15.3 Å². The molecule has 0 bridgehead atoms. The Balaban J connectivity index is 2.45. The van der Waals surface area contributed by atoms with Crippen LogP contribution < -0.4 is 21.1 Å². The van der Waals surface area contributed by atoms with E-state index in [1.54, 1.807) is 25.2 Å². The third kappa shape index (κ3) is 5.07. The summed E-state index contributed by atoms with van der Waals surface area (Å²) in [7, 11) is 4.36. The van der Waals surface area contributed by atoms with Crippen molar-refractivity contribution >= 4 is 25.9 Å². The molecule has 0 aliphatic carbocycles. The maximum Gasteiger partial charge on any atom is 0.179 e. The fraction of sp³-hybridized carbons (Fsp3) is 0.316. The van der Waals surface area contributed by atoms with Gasteiger partial charge in [0.2, 0.25) is 0 Å². The topological polar surface area (TPSA) is 53.3 Å². The molecule has 0 saturated carbocycles. The fourth-order valence-electron chi connectivity index (χ4n) is 2.56. The van der Waals surface area contributed by atoms with Crippen molar-refractivity contribution in [3.05, 3.63) is 58.8 Å². The molecule has 0 aliphatic heterocycles. The van der Waals surface area contributed by atoms with Crippen LogP contribution in [-0.2, 0) is 0 Å². The van der Waals surface area contributed by atoms with E-state index in [1.807, 2.05) is 32.0 Å². The van der Waals surface area contributed by atoms with Crippen LogP contribution >= 0.6 is 9.24 Å². The number of anilines is 2. The van der Waals surface area contributed by atoms with Gasteiger partial charge >= 0.3 is 0 Å². The quantitative estimate of drug-likeness (QED) is 0.407. The largest absolute Gasteiger partial charge is 0.359 e. The number of nitrogens with zero attached hydrogens (tertiary/aromatic N) is 2. The first-order valence-corrected chi connectivity index (χ1v) is 9.12. The second-order valence-corrected chi connectivity index (χ2v) is 6.83. The standard InChI is InChI=1S/C19H25F2N4OP/c1-6-14(24-25(5)16-10-22-26-13(16)4)19(18(21)12(3)20)23-15-8-7-11(2)9-17(15)27/h7-10,23-24H,6,27H2,1-5H3/b18-12-,19-14-. The van der Waals surface area contributed by atoms with E-state index in [4.69, 9.17) is 4.52 Å². The second kappa shape index (κ2) is 9.00. The lowest BCUT2D eigenvalue weighted by Crippen LogP contribution is -2.35. The summed E-state index contributed by atoms with van der Waals surface area (Å²) >= 11 is 0. The van der Waals surface area contributed by atoms with Gasteiger partial charge in [0, 0.05) is 12.7 Å². The Hall–Kier alpha value is -2.40. The maximum absolute atomic E-state index is 14.7. The van der Waals surface area contributed by atoms with Crippen LogP contribution in [-0.4, -0.2) is 12.2 Å². The van der Waals surface area contributed by atoms with Gasteiger partial charge in [-0.05, 0) is 38.6 Å². The summed E-state index contributed by atoms with van der Waals surface area (Å²) in [4.78, 5) is 0. The molecule has 0 spiro atoms. The maximum atomic E-state index is 14.7. The van der Waals surface area contributed by atoms with Gasteiger partial charge in [0.15, 0.2) is 11.6 Å². The van der Waals surface area contributed by atoms with Crippen LogP contribution in [0.1, 0.15) is 31.6 Å². The molecule has 1 aromatic heterocycles. The van der Waals surface area contributed by atoms with E-state index in [0.717, 1.165) is 17.8 Å². The average molecular weight is 394 g/mol. The van der Waals surface area contributed by atoms with Gasteiger partial charge in [-0.3, -0.25) is 5.01 Å². The number of aromatic nitrogens is 1. The van der Waals surface area contributed by atoms with Crippen LogP contribution in [0.25, 0.3) is 0 Å². The van der Waals surface area contributed by atoms with Gasteiger partial charge in [-0.2, -0.15) is 0 Å². The summed E-state index contributed by atoms with van der Waals surface area (Å²) in [5, 5.41) is 9.28. The molecule has 0 amide bonds. The molecule has 2 rings (SSSR count). The number of nitrogens with one attached hydrogen (secondary N) is 2. The van der Waals surface area contributed by atoms with Crippen LogP contribution in [0.2, 0.25) is 0 Å². The highest BCUT2D eigenvalue weighted by Gasteiger charge is 2.18. The van der Waals surface area contributed by atoms with Crippen molar-refractivity contribution in [3.63, 3.8) is 0 Å². The molecule has 146 valence electrons. The van der Waals surface area contributed by atoms with E-state index in [1.165, 1.54) is 0 Å². The minimum Gasteiger partial charge on any atom is -0.359 e. The lowest BCUT2D eigenvalue weighted by Gasteiger charge is -2.25. The van der Waals surface area contributed by atoms with Gasteiger partial charge in [-0.1, -0.05) is 29.8 Å². The fourth-order valence-corrected chi connectivity index (χ4v) is 2.99. The van der Waals surface area contributed by atoms with Gasteiger partial charge in [0.05, 0.1) is 17.6 Å². The Kier molecular flexibility index (Phi) is 6.97. The van der Waals surface area contributed by atoms with E-state index in [9.17, 15) is 8.78 Å². The van der Waals surface area contributed by atoms with Crippen LogP contribution in [0.4, 0.5) is 20.2 Å². The zero-order valence-electron chi connectivity index (χ0n) is 16.2. The Bertz CT molecular complexity index is 872. The van der Waals surface area contributed by atoms with Gasteiger partial charge in [0.25, 0.3) is 0 Å². The third-order valence-corrected chi connectivity index (χ3v) is 4.51. The predicted molar refractivity (Wildman–Crippen MR) is 109 cm³/mol. The zero-order chi connectivity index (χ0) is 20.1. The van der Waals surface area contributed by atoms with Crippen molar-refractivity contribution in [2.24, 2.45) is 0 Å². The number of hydrazine groups is 1. The molecule has 1 heterocycles. The van der Waals surface area contributed by atoms with Crippen LogP contribution in [0.15, 0.2) is 52.0 Å². The van der Waals surface area contributed by atoms with E-state index in [-0.39, 0.29) is 5.70 Å². The molecular weight excluding hydrogens is 369 g/mol. The number of allylic oxidation sites excluding steroid dienone is 3. The molecule has 8 heteroatoms. The summed E-state index contributed by atoms with van der Waals surface area (Å²) in [6.45, 7) is 6.69. The van der Waals surface area contributed by atoms with E-state index < -0.39 is 11.7 Å². The van der Waals surface area contributed by atoms with Crippen LogP contribution in [0, 0.1) is 13.8 Å². The van der Waals surface area contributed by atoms with Crippen LogP contribution in [0.3, 0.4) is 0 Å². The molecule has 0 fully saturated rings. The van der Waals surface area contributed by atoms with Crippen molar-refractivity contribution < 1.29 is 13.3 Å². The number of hydrogen-bond acceptors (Lipinski definition) is 5. The van der Waals surface area contributed by atoms with E-state index >= 15 is 0 Å². The number of benzene rings is 1. The molecule has 2 aromatic rings. The number of rotatable bonds is 7. The first-order chi connectivity index (χ1) is 12.7. The Morgan fingerprint density at radius 3 is 2.52 bits per heavy atom. The monoisotopic (exact) mass is 394 g/mol. The number of hydrogen-bond donors (Lipinski definition) is 2.